The van der Waals surface area contributed by atoms with E-state index in [0.29, 0.717) is 5.69 Å². The first kappa shape index (κ1) is 12.4. The molecule has 6 heteroatoms. The molecule has 0 saturated carbocycles. The molecule has 0 fully saturated rings. The minimum atomic E-state index is -0.698. The number of H-pyrrole nitrogens is 2. The Kier molecular flexibility index (Phi) is 2.98. The van der Waals surface area contributed by atoms with Crippen molar-refractivity contribution in [2.24, 2.45) is 0 Å². The summed E-state index contributed by atoms with van der Waals surface area (Å²) in [7, 11) is 0. The van der Waals surface area contributed by atoms with Crippen LogP contribution in [0.15, 0.2) is 33.9 Å². The highest BCUT2D eigenvalue weighted by Gasteiger charge is 2.13. The molecule has 6 nitrogen and oxygen atoms in total. The van der Waals surface area contributed by atoms with Gasteiger partial charge in [0.05, 0.1) is 0 Å². The molecule has 1 aromatic heterocycles. The predicted octanol–water partition coefficient (Wildman–Crippen LogP) is 0.804. The lowest BCUT2D eigenvalue weighted by atomic mass is 10.1. The number of aromatic nitrogens is 2. The fourth-order valence-corrected chi connectivity index (χ4v) is 2.44. The number of hydrogen-bond donors (Lipinski definition) is 3. The molecule has 1 aromatic carbocycles. The second kappa shape index (κ2) is 4.80. The van der Waals surface area contributed by atoms with Gasteiger partial charge in [0.25, 0.3) is 11.5 Å². The summed E-state index contributed by atoms with van der Waals surface area (Å²) in [6.07, 6.45) is 3.22. The smallest absolute Gasteiger partial charge is 0.321 e. The van der Waals surface area contributed by atoms with E-state index >= 15 is 0 Å². The minimum Gasteiger partial charge on any atom is -0.321 e. The van der Waals surface area contributed by atoms with E-state index in [4.69, 9.17) is 0 Å². The molecule has 20 heavy (non-hydrogen) atoms. The van der Waals surface area contributed by atoms with Crippen LogP contribution >= 0.6 is 0 Å². The highest BCUT2D eigenvalue weighted by molar-refractivity contribution is 6.02. The average Bonchev–Trinajstić information content (AvgIpc) is 2.85. The number of aromatic amines is 2. The van der Waals surface area contributed by atoms with Crippen molar-refractivity contribution in [2.45, 2.75) is 19.3 Å². The summed E-state index contributed by atoms with van der Waals surface area (Å²) in [5, 5.41) is 2.68. The van der Waals surface area contributed by atoms with Crippen molar-refractivity contribution in [1.82, 2.24) is 9.97 Å². The molecular weight excluding hydrogens is 258 g/mol. The fourth-order valence-electron chi connectivity index (χ4n) is 2.44. The molecule has 0 radical (unpaired) electrons. The average molecular weight is 271 g/mol. The number of anilines is 1. The summed E-state index contributed by atoms with van der Waals surface area (Å²) in [5.74, 6) is -0.508. The lowest BCUT2D eigenvalue weighted by molar-refractivity contribution is 0.102. The molecule has 3 N–H and O–H groups in total. The van der Waals surface area contributed by atoms with Crippen LogP contribution in [0.3, 0.4) is 0 Å². The van der Waals surface area contributed by atoms with Crippen LogP contribution in [0.25, 0.3) is 0 Å². The molecular formula is C14H13N3O3. The lowest BCUT2D eigenvalue weighted by Crippen LogP contribution is -2.27. The van der Waals surface area contributed by atoms with Gasteiger partial charge in [-0.15, -0.1) is 0 Å². The fraction of sp³-hybridized carbons (Fsp3) is 0.214. The van der Waals surface area contributed by atoms with Crippen molar-refractivity contribution in [1.29, 1.82) is 0 Å². The van der Waals surface area contributed by atoms with E-state index in [1.807, 2.05) is 23.2 Å². The second-order valence-electron chi connectivity index (χ2n) is 4.79. The SMILES string of the molecule is O=C(Nc1ccc2c(c1)CCC2)c1cc(=O)[nH]c(=O)[nH]1. The maximum absolute atomic E-state index is 12.0. The Hall–Kier alpha value is -2.63. The van der Waals surface area contributed by atoms with Crippen LogP contribution in [0.5, 0.6) is 0 Å². The molecule has 1 heterocycles. The third kappa shape index (κ3) is 2.40. The summed E-state index contributed by atoms with van der Waals surface area (Å²) in [5.41, 5.74) is 1.86. The molecule has 0 bridgehead atoms. The van der Waals surface area contributed by atoms with E-state index in [9.17, 15) is 14.4 Å². The lowest BCUT2D eigenvalue weighted by Gasteiger charge is -2.07. The summed E-state index contributed by atoms with van der Waals surface area (Å²) in [4.78, 5) is 38.6. The van der Waals surface area contributed by atoms with E-state index < -0.39 is 17.2 Å². The third-order valence-corrected chi connectivity index (χ3v) is 3.36. The number of fused-ring (bicyclic) bond motifs is 1. The molecule has 3 rings (SSSR count). The van der Waals surface area contributed by atoms with Gasteiger partial charge >= 0.3 is 5.69 Å². The summed E-state index contributed by atoms with van der Waals surface area (Å²) in [6, 6.07) is 6.82. The van der Waals surface area contributed by atoms with Crippen LogP contribution in [-0.2, 0) is 12.8 Å². The molecule has 0 unspecified atom stereocenters. The van der Waals surface area contributed by atoms with Gasteiger partial charge in [0.2, 0.25) is 0 Å². The van der Waals surface area contributed by atoms with Crippen molar-refractivity contribution in [2.75, 3.05) is 5.32 Å². The Labute approximate surface area is 113 Å². The first-order chi connectivity index (χ1) is 9.61. The highest BCUT2D eigenvalue weighted by Crippen LogP contribution is 2.24. The van der Waals surface area contributed by atoms with Crippen molar-refractivity contribution in [3.63, 3.8) is 0 Å². The van der Waals surface area contributed by atoms with Crippen LogP contribution in [0, 0.1) is 0 Å². The quantitative estimate of drug-likeness (QED) is 0.754. The van der Waals surface area contributed by atoms with Gasteiger partial charge in [-0.3, -0.25) is 14.6 Å². The van der Waals surface area contributed by atoms with E-state index in [2.05, 4.69) is 10.3 Å². The Balaban J connectivity index is 1.85. The van der Waals surface area contributed by atoms with Crippen molar-refractivity contribution >= 4 is 11.6 Å². The van der Waals surface area contributed by atoms with Gasteiger partial charge in [0.15, 0.2) is 0 Å². The number of benzene rings is 1. The van der Waals surface area contributed by atoms with Crippen molar-refractivity contribution < 1.29 is 4.79 Å². The van der Waals surface area contributed by atoms with Crippen molar-refractivity contribution in [3.8, 4) is 0 Å². The summed E-state index contributed by atoms with van der Waals surface area (Å²) in [6.45, 7) is 0. The number of aryl methyl sites for hydroxylation is 2. The molecule has 1 aliphatic rings. The minimum absolute atomic E-state index is 0.0563. The number of carbonyl (C=O) groups is 1. The number of rotatable bonds is 2. The van der Waals surface area contributed by atoms with Crippen molar-refractivity contribution in [3.05, 3.63) is 61.9 Å². The Bertz CT molecular complexity index is 760. The van der Waals surface area contributed by atoms with Gasteiger partial charge in [-0.1, -0.05) is 6.07 Å². The molecule has 1 amide bonds. The third-order valence-electron chi connectivity index (χ3n) is 3.36. The summed E-state index contributed by atoms with van der Waals surface area (Å²) >= 11 is 0. The monoisotopic (exact) mass is 271 g/mol. The molecule has 2 aromatic rings. The number of nitrogens with one attached hydrogen (secondary N) is 3. The van der Waals surface area contributed by atoms with E-state index in [1.165, 1.54) is 11.1 Å². The molecule has 1 aliphatic carbocycles. The van der Waals surface area contributed by atoms with Crippen LogP contribution < -0.4 is 16.6 Å². The first-order valence-corrected chi connectivity index (χ1v) is 6.38. The second-order valence-corrected chi connectivity index (χ2v) is 4.79. The van der Waals surface area contributed by atoms with E-state index in [0.717, 1.165) is 25.3 Å². The van der Waals surface area contributed by atoms with Crippen LogP contribution in [0.1, 0.15) is 28.0 Å². The van der Waals surface area contributed by atoms with Crippen LogP contribution in [0.2, 0.25) is 0 Å². The maximum atomic E-state index is 12.0. The molecule has 0 spiro atoms. The van der Waals surface area contributed by atoms with Gasteiger partial charge < -0.3 is 10.3 Å². The van der Waals surface area contributed by atoms with Gasteiger partial charge in [0.1, 0.15) is 5.69 Å². The summed E-state index contributed by atoms with van der Waals surface area (Å²) < 4.78 is 0. The number of carbonyl (C=O) groups excluding carboxylic acids is 1. The van der Waals surface area contributed by atoms with E-state index in [-0.39, 0.29) is 5.69 Å². The van der Waals surface area contributed by atoms with E-state index in [1.54, 1.807) is 0 Å². The zero-order valence-corrected chi connectivity index (χ0v) is 10.7. The standard InChI is InChI=1S/C14H13N3O3/c18-12-7-11(16-14(20)17-12)13(19)15-10-5-4-8-2-1-3-9(8)6-10/h4-7H,1-3H2,(H,15,19)(H2,16,17,18,20). The van der Waals surface area contributed by atoms with Crippen LogP contribution in [0.4, 0.5) is 5.69 Å². The Morgan fingerprint density at radius 1 is 1.05 bits per heavy atom. The predicted molar refractivity (Wildman–Crippen MR) is 74.1 cm³/mol. The highest BCUT2D eigenvalue weighted by atomic mass is 16.2. The number of amides is 1. The molecule has 102 valence electrons. The largest absolute Gasteiger partial charge is 0.326 e. The maximum Gasteiger partial charge on any atom is 0.326 e. The molecule has 0 aliphatic heterocycles. The first-order valence-electron chi connectivity index (χ1n) is 6.38. The zero-order valence-electron chi connectivity index (χ0n) is 10.7. The molecule has 0 atom stereocenters. The topological polar surface area (TPSA) is 94.8 Å². The Morgan fingerprint density at radius 2 is 1.85 bits per heavy atom. The zero-order chi connectivity index (χ0) is 14.1. The molecule has 0 saturated heterocycles. The van der Waals surface area contributed by atoms with Gasteiger partial charge in [-0.05, 0) is 42.5 Å². The normalized spacial score (nSPS) is 13.0. The Morgan fingerprint density at radius 3 is 2.65 bits per heavy atom. The van der Waals surface area contributed by atoms with Gasteiger partial charge in [-0.25, -0.2) is 4.79 Å². The van der Waals surface area contributed by atoms with Gasteiger partial charge in [-0.2, -0.15) is 0 Å². The number of hydrogen-bond acceptors (Lipinski definition) is 3. The van der Waals surface area contributed by atoms with Crippen LogP contribution in [-0.4, -0.2) is 15.9 Å². The van der Waals surface area contributed by atoms with Gasteiger partial charge in [0, 0.05) is 11.8 Å².